The monoisotopic (exact) mass is 515 g/mol. The molecule has 10 nitrogen and oxygen atoms in total. The van der Waals surface area contributed by atoms with Crippen molar-refractivity contribution in [2.24, 2.45) is 17.1 Å². The van der Waals surface area contributed by atoms with Crippen LogP contribution >= 0.6 is 0 Å². The minimum absolute atomic E-state index is 0.0335. The summed E-state index contributed by atoms with van der Waals surface area (Å²) in [6.45, 7) is 0.673. The highest BCUT2D eigenvalue weighted by molar-refractivity contribution is 6.23. The van der Waals surface area contributed by atoms with Gasteiger partial charge >= 0.3 is 0 Å². The zero-order valence-electron chi connectivity index (χ0n) is 20.6. The summed E-state index contributed by atoms with van der Waals surface area (Å²) in [5.74, 6) is -6.88. The Labute approximate surface area is 212 Å². The van der Waals surface area contributed by atoms with Gasteiger partial charge in [0.2, 0.25) is 5.78 Å². The molecule has 0 bridgehead atoms. The third-order valence-corrected chi connectivity index (χ3v) is 8.36. The number of ketones is 2. The maximum absolute atomic E-state index is 15.8. The summed E-state index contributed by atoms with van der Waals surface area (Å²) < 4.78 is 15.8. The number of nitrogens with two attached hydrogens (primary N) is 1. The molecule has 3 aliphatic carbocycles. The van der Waals surface area contributed by atoms with E-state index in [0.29, 0.717) is 13.0 Å². The SMILES string of the molecule is CN(C)C[C@]12CC(=O)C(C(N)=O)=C(O)[C@@]1(O)C(=O)C1=C(O)c3c(O)cc(C4CCCN4)c(F)c3CC1C2. The number of hydrogen-bond acceptors (Lipinski definition) is 9. The second-order valence-electron chi connectivity index (χ2n) is 10.9. The van der Waals surface area contributed by atoms with E-state index in [9.17, 15) is 34.8 Å². The van der Waals surface area contributed by atoms with E-state index in [1.54, 1.807) is 19.0 Å². The van der Waals surface area contributed by atoms with Gasteiger partial charge in [0.05, 0.1) is 5.56 Å². The lowest BCUT2D eigenvalue weighted by molar-refractivity contribution is -0.166. The lowest BCUT2D eigenvalue weighted by atomic mass is 9.51. The van der Waals surface area contributed by atoms with Crippen LogP contribution in [0.5, 0.6) is 5.75 Å². The number of nitrogens with one attached hydrogen (secondary N) is 1. The fourth-order valence-electron chi connectivity index (χ4n) is 6.94. The summed E-state index contributed by atoms with van der Waals surface area (Å²) >= 11 is 0. The number of Topliss-reactive ketones (excluding diaryl/α,β-unsaturated/α-hetero) is 2. The molecule has 11 heteroatoms. The van der Waals surface area contributed by atoms with E-state index in [1.165, 1.54) is 6.07 Å². The van der Waals surface area contributed by atoms with Crippen LogP contribution in [-0.4, -0.2) is 75.6 Å². The Morgan fingerprint density at radius 3 is 2.57 bits per heavy atom. The smallest absolute Gasteiger partial charge is 0.255 e. The van der Waals surface area contributed by atoms with Crippen LogP contribution in [-0.2, 0) is 20.8 Å². The van der Waals surface area contributed by atoms with E-state index in [1.807, 2.05) is 0 Å². The molecule has 198 valence electrons. The van der Waals surface area contributed by atoms with Crippen LogP contribution in [0, 0.1) is 17.2 Å². The van der Waals surface area contributed by atoms with Crippen LogP contribution in [0.25, 0.3) is 5.76 Å². The molecule has 0 spiro atoms. The van der Waals surface area contributed by atoms with Crippen molar-refractivity contribution in [3.63, 3.8) is 0 Å². The minimum atomic E-state index is -2.74. The van der Waals surface area contributed by atoms with Crippen LogP contribution < -0.4 is 11.1 Å². The highest BCUT2D eigenvalue weighted by atomic mass is 19.1. The number of halogens is 1. The first-order valence-corrected chi connectivity index (χ1v) is 12.2. The van der Waals surface area contributed by atoms with Crippen LogP contribution in [0.3, 0.4) is 0 Å². The molecule has 5 rings (SSSR count). The van der Waals surface area contributed by atoms with Crippen molar-refractivity contribution in [2.75, 3.05) is 27.2 Å². The zero-order valence-corrected chi connectivity index (χ0v) is 20.6. The molecule has 1 amide bonds. The van der Waals surface area contributed by atoms with Crippen molar-refractivity contribution in [1.82, 2.24) is 10.2 Å². The van der Waals surface area contributed by atoms with E-state index in [4.69, 9.17) is 5.73 Å². The molecule has 1 saturated carbocycles. The van der Waals surface area contributed by atoms with Gasteiger partial charge in [-0.1, -0.05) is 0 Å². The second kappa shape index (κ2) is 8.37. The van der Waals surface area contributed by atoms with Crippen molar-refractivity contribution < 1.29 is 39.2 Å². The molecule has 7 N–H and O–H groups in total. The third kappa shape index (κ3) is 3.37. The average Bonchev–Trinajstić information content (AvgIpc) is 3.32. The Balaban J connectivity index is 1.73. The third-order valence-electron chi connectivity index (χ3n) is 8.36. The van der Waals surface area contributed by atoms with Gasteiger partial charge in [-0.3, -0.25) is 14.4 Å². The van der Waals surface area contributed by atoms with E-state index in [2.05, 4.69) is 5.32 Å². The largest absolute Gasteiger partial charge is 0.508 e. The van der Waals surface area contributed by atoms with Crippen LogP contribution in [0.15, 0.2) is 23.0 Å². The zero-order chi connectivity index (χ0) is 27.0. The van der Waals surface area contributed by atoms with Gasteiger partial charge in [0.1, 0.15) is 28.7 Å². The molecule has 2 unspecified atom stereocenters. The van der Waals surface area contributed by atoms with Crippen molar-refractivity contribution in [3.05, 3.63) is 45.5 Å². The minimum Gasteiger partial charge on any atom is -0.508 e. The van der Waals surface area contributed by atoms with Gasteiger partial charge in [-0.25, -0.2) is 4.39 Å². The first kappa shape index (κ1) is 25.4. The molecule has 0 aromatic heterocycles. The van der Waals surface area contributed by atoms with Crippen LogP contribution in [0.2, 0.25) is 0 Å². The number of primary amides is 1. The number of phenols is 1. The number of fused-ring (bicyclic) bond motifs is 3. The second-order valence-corrected chi connectivity index (χ2v) is 10.9. The molecule has 0 radical (unpaired) electrons. The predicted octanol–water partition coefficient (Wildman–Crippen LogP) is 0.919. The van der Waals surface area contributed by atoms with Crippen molar-refractivity contribution in [1.29, 1.82) is 0 Å². The molecule has 4 atom stereocenters. The Morgan fingerprint density at radius 1 is 1.27 bits per heavy atom. The summed E-state index contributed by atoms with van der Waals surface area (Å²) in [6.07, 6.45) is 0.900. The summed E-state index contributed by atoms with van der Waals surface area (Å²) in [7, 11) is 3.32. The number of benzene rings is 1. The first-order chi connectivity index (χ1) is 17.3. The van der Waals surface area contributed by atoms with Crippen molar-refractivity contribution in [3.8, 4) is 5.75 Å². The number of aromatic hydroxyl groups is 1. The number of carbonyl (C=O) groups is 3. The Hall–Kier alpha value is -3.28. The summed E-state index contributed by atoms with van der Waals surface area (Å²) in [4.78, 5) is 40.5. The number of hydrogen-bond donors (Lipinski definition) is 6. The Bertz CT molecular complexity index is 1310. The average molecular weight is 516 g/mol. The maximum atomic E-state index is 15.8. The standard InChI is InChI=1S/C26H30FN3O7/c1-30(2)10-25-8-11-6-13-18(15(31)7-12(20(13)27)14-4-3-5-29-14)21(33)17(11)22(34)26(25,37)23(35)19(24(28)36)16(32)9-25/h7,11,14,29,31,33,35,37H,3-6,8-10H2,1-2H3,(H2,28,36)/t11?,14?,25-,26-/m0/s1. The molecule has 1 aliphatic heterocycles. The topological polar surface area (TPSA) is 173 Å². The molecular formula is C26H30FN3O7. The number of rotatable bonds is 4. The summed E-state index contributed by atoms with van der Waals surface area (Å²) in [6, 6.07) is 0.932. The molecule has 37 heavy (non-hydrogen) atoms. The number of aliphatic hydroxyl groups excluding tert-OH is 2. The lowest BCUT2D eigenvalue weighted by Crippen LogP contribution is -2.67. The van der Waals surface area contributed by atoms with Gasteiger partial charge in [0.15, 0.2) is 11.4 Å². The maximum Gasteiger partial charge on any atom is 0.255 e. The quantitative estimate of drug-likeness (QED) is 0.319. The van der Waals surface area contributed by atoms with Gasteiger partial charge in [0, 0.05) is 41.1 Å². The van der Waals surface area contributed by atoms with Gasteiger partial charge in [-0.05, 0) is 58.3 Å². The number of carbonyl (C=O) groups excluding carboxylic acids is 3. The number of amides is 1. The molecule has 1 aromatic rings. The van der Waals surface area contributed by atoms with Crippen molar-refractivity contribution in [2.45, 2.75) is 43.7 Å². The van der Waals surface area contributed by atoms with E-state index >= 15 is 4.39 Å². The lowest BCUT2D eigenvalue weighted by Gasteiger charge is -2.55. The number of aliphatic hydroxyl groups is 3. The summed E-state index contributed by atoms with van der Waals surface area (Å²) in [5.41, 5.74) is -0.109. The van der Waals surface area contributed by atoms with Gasteiger partial charge in [0.25, 0.3) is 5.91 Å². The van der Waals surface area contributed by atoms with E-state index < -0.39 is 69.5 Å². The van der Waals surface area contributed by atoms with Gasteiger partial charge in [-0.15, -0.1) is 0 Å². The molecule has 2 fully saturated rings. The normalized spacial score (nSPS) is 31.5. The van der Waals surface area contributed by atoms with Gasteiger partial charge < -0.3 is 36.4 Å². The molecular weight excluding hydrogens is 485 g/mol. The fourth-order valence-corrected chi connectivity index (χ4v) is 6.94. The Kier molecular flexibility index (Phi) is 5.74. The predicted molar refractivity (Wildman–Crippen MR) is 129 cm³/mol. The van der Waals surface area contributed by atoms with E-state index in [0.717, 1.165) is 6.42 Å². The number of nitrogens with zero attached hydrogens (tertiary/aromatic N) is 1. The highest BCUT2D eigenvalue weighted by Gasteiger charge is 2.68. The number of phenolic OH excluding ortho intramolecular Hbond substituents is 1. The van der Waals surface area contributed by atoms with E-state index in [-0.39, 0.29) is 47.7 Å². The van der Waals surface area contributed by atoms with Gasteiger partial charge in [-0.2, -0.15) is 0 Å². The molecule has 1 heterocycles. The molecule has 1 saturated heterocycles. The first-order valence-electron chi connectivity index (χ1n) is 12.2. The molecule has 4 aliphatic rings. The summed E-state index contributed by atoms with van der Waals surface area (Å²) in [5, 5.41) is 48.0. The van der Waals surface area contributed by atoms with Crippen LogP contribution in [0.4, 0.5) is 4.39 Å². The van der Waals surface area contributed by atoms with Crippen LogP contribution in [0.1, 0.15) is 48.4 Å². The Morgan fingerprint density at radius 2 is 1.97 bits per heavy atom. The fraction of sp³-hybridized carbons (Fsp3) is 0.500. The highest BCUT2D eigenvalue weighted by Crippen LogP contribution is 2.58. The van der Waals surface area contributed by atoms with Crippen molar-refractivity contribution >= 4 is 23.2 Å². The molecule has 1 aromatic carbocycles.